The van der Waals surface area contributed by atoms with Crippen molar-refractivity contribution >= 4 is 12.1 Å². The lowest BCUT2D eigenvalue weighted by molar-refractivity contribution is -0.184. The van der Waals surface area contributed by atoms with E-state index in [9.17, 15) is 9.59 Å². The van der Waals surface area contributed by atoms with Crippen LogP contribution in [0.5, 0.6) is 0 Å². The molecule has 0 N–H and O–H groups in total. The van der Waals surface area contributed by atoms with Crippen molar-refractivity contribution in [2.75, 3.05) is 26.2 Å². The van der Waals surface area contributed by atoms with Crippen molar-refractivity contribution in [2.45, 2.75) is 88.0 Å². The highest BCUT2D eigenvalue weighted by Gasteiger charge is 2.76. The predicted octanol–water partition coefficient (Wildman–Crippen LogP) is 3.64. The number of fused-ring (bicyclic) bond motifs is 1. The maximum atomic E-state index is 12.4. The Morgan fingerprint density at radius 1 is 1.03 bits per heavy atom. The molecule has 0 saturated carbocycles. The highest BCUT2D eigenvalue weighted by atomic mass is 16.6. The molecule has 1 aliphatic carbocycles. The lowest BCUT2D eigenvalue weighted by Crippen LogP contribution is -2.65. The Bertz CT molecular complexity index is 837. The molecule has 0 aromatic heterocycles. The summed E-state index contributed by atoms with van der Waals surface area (Å²) in [5.74, 6) is 0.731. The number of hydrogen-bond donors (Lipinski definition) is 0. The lowest BCUT2D eigenvalue weighted by atomic mass is 9.54. The van der Waals surface area contributed by atoms with Crippen LogP contribution in [0.25, 0.3) is 0 Å². The molecule has 5 nitrogen and oxygen atoms in total. The van der Waals surface area contributed by atoms with Gasteiger partial charge < -0.3 is 9.64 Å². The molecule has 4 unspecified atom stereocenters. The Morgan fingerprint density at radius 3 is 2.84 bits per heavy atom. The van der Waals surface area contributed by atoms with Crippen LogP contribution in [-0.4, -0.2) is 65.4 Å². The Morgan fingerprint density at radius 2 is 1.94 bits per heavy atom. The van der Waals surface area contributed by atoms with Crippen molar-refractivity contribution in [3.63, 3.8) is 0 Å². The van der Waals surface area contributed by atoms with Crippen LogP contribution < -0.4 is 0 Å². The summed E-state index contributed by atoms with van der Waals surface area (Å²) in [6.07, 6.45) is 18.8. The summed E-state index contributed by atoms with van der Waals surface area (Å²) in [6, 6.07) is 0.332. The standard InChI is InChI=1S/C26H36N2O3/c29-17-20-16-25-11-5-3-1-2-4-6-13-27-15-10-22(20)24(19-27)18-26(31-25)12-9-21(30)8-7-14-28(26)23(24)25/h1,3,16-17,22-23H,2,4-15,18-19H2/b3-1-/t22?,23-,24?,25?,26+/m1/s1. The van der Waals surface area contributed by atoms with E-state index in [1.807, 2.05) is 0 Å². The summed E-state index contributed by atoms with van der Waals surface area (Å²) in [7, 11) is 0. The molecule has 0 amide bonds. The molecule has 0 aromatic carbocycles. The first-order valence-electron chi connectivity index (χ1n) is 12.6. The largest absolute Gasteiger partial charge is 0.348 e. The van der Waals surface area contributed by atoms with E-state index in [4.69, 9.17) is 4.74 Å². The topological polar surface area (TPSA) is 49.9 Å². The summed E-state index contributed by atoms with van der Waals surface area (Å²) in [6.45, 7) is 4.29. The molecule has 5 heteroatoms. The van der Waals surface area contributed by atoms with Crippen molar-refractivity contribution in [2.24, 2.45) is 11.3 Å². The van der Waals surface area contributed by atoms with E-state index in [2.05, 4.69) is 28.0 Å². The minimum absolute atomic E-state index is 0.0760. The average molecular weight is 425 g/mol. The zero-order valence-electron chi connectivity index (χ0n) is 18.7. The van der Waals surface area contributed by atoms with Crippen LogP contribution in [0.2, 0.25) is 0 Å². The van der Waals surface area contributed by atoms with Crippen LogP contribution >= 0.6 is 0 Å². The summed E-state index contributed by atoms with van der Waals surface area (Å²) < 4.78 is 7.12. The van der Waals surface area contributed by atoms with E-state index in [1.165, 1.54) is 12.8 Å². The number of carbonyl (C=O) groups excluding carboxylic acids is 2. The van der Waals surface area contributed by atoms with E-state index in [0.717, 1.165) is 83.0 Å². The first-order valence-corrected chi connectivity index (χ1v) is 12.6. The second kappa shape index (κ2) is 7.36. The fraction of sp³-hybridized carbons (Fsp3) is 0.769. The summed E-state index contributed by atoms with van der Waals surface area (Å²) >= 11 is 0. The SMILES string of the molecule is O=CC1=CC23CC/C=C\CCCCN4CCC1C1(C4)C[C@]4(CCC(=O)CCCN4[C@@H]21)O3. The van der Waals surface area contributed by atoms with Gasteiger partial charge in [0.15, 0.2) is 0 Å². The van der Waals surface area contributed by atoms with Gasteiger partial charge in [-0.25, -0.2) is 0 Å². The molecule has 5 bridgehead atoms. The lowest BCUT2D eigenvalue weighted by Gasteiger charge is -2.59. The number of carbonyl (C=O) groups is 2. The van der Waals surface area contributed by atoms with Gasteiger partial charge in [0.05, 0.1) is 6.04 Å². The van der Waals surface area contributed by atoms with Gasteiger partial charge in [-0.3, -0.25) is 14.5 Å². The third kappa shape index (κ3) is 2.92. The predicted molar refractivity (Wildman–Crippen MR) is 118 cm³/mol. The molecule has 4 saturated heterocycles. The molecule has 0 aromatic rings. The molecule has 0 radical (unpaired) electrons. The maximum absolute atomic E-state index is 12.4. The van der Waals surface area contributed by atoms with Crippen molar-refractivity contribution < 1.29 is 14.3 Å². The van der Waals surface area contributed by atoms with Crippen molar-refractivity contribution in [3.8, 4) is 0 Å². The number of hydrogen-bond acceptors (Lipinski definition) is 5. The molecule has 168 valence electrons. The molecule has 6 rings (SSSR count). The highest BCUT2D eigenvalue weighted by Crippen LogP contribution is 2.69. The number of ether oxygens (including phenoxy) is 1. The van der Waals surface area contributed by atoms with Crippen LogP contribution in [0, 0.1) is 11.3 Å². The molecule has 5 aliphatic heterocycles. The van der Waals surface area contributed by atoms with E-state index >= 15 is 0 Å². The number of ketones is 1. The van der Waals surface area contributed by atoms with Crippen LogP contribution in [0.4, 0.5) is 0 Å². The summed E-state index contributed by atoms with van der Waals surface area (Å²) in [5.41, 5.74) is 0.361. The molecule has 4 fully saturated rings. The Hall–Kier alpha value is -1.30. The number of Topliss-reactive ketones (excluding diaryl/α,β-unsaturated/α-hetero) is 1. The molecule has 5 heterocycles. The van der Waals surface area contributed by atoms with Gasteiger partial charge in [0, 0.05) is 31.3 Å². The molecule has 6 aliphatic rings. The number of allylic oxidation sites excluding steroid dienone is 3. The zero-order valence-corrected chi connectivity index (χ0v) is 18.7. The minimum atomic E-state index is -0.389. The highest BCUT2D eigenvalue weighted by molar-refractivity contribution is 5.79. The third-order valence-corrected chi connectivity index (χ3v) is 9.34. The van der Waals surface area contributed by atoms with Crippen LogP contribution in [0.1, 0.15) is 70.6 Å². The van der Waals surface area contributed by atoms with Gasteiger partial charge >= 0.3 is 0 Å². The fourth-order valence-corrected chi connectivity index (χ4v) is 8.39. The number of nitrogens with zero attached hydrogens (tertiary/aromatic N) is 2. The van der Waals surface area contributed by atoms with Gasteiger partial charge in [-0.05, 0) is 88.4 Å². The molecular formula is C26H36N2O3. The third-order valence-electron chi connectivity index (χ3n) is 9.34. The normalized spacial score (nSPS) is 48.5. The summed E-state index contributed by atoms with van der Waals surface area (Å²) in [4.78, 5) is 30.1. The van der Waals surface area contributed by atoms with Gasteiger partial charge in [0.25, 0.3) is 0 Å². The maximum Gasteiger partial charge on any atom is 0.146 e. The van der Waals surface area contributed by atoms with Gasteiger partial charge in [-0.15, -0.1) is 0 Å². The van der Waals surface area contributed by atoms with Crippen molar-refractivity contribution in [3.05, 3.63) is 23.8 Å². The van der Waals surface area contributed by atoms with Gasteiger partial charge in [-0.2, -0.15) is 0 Å². The Balaban J connectivity index is 1.50. The van der Waals surface area contributed by atoms with Crippen LogP contribution in [0.15, 0.2) is 23.8 Å². The summed E-state index contributed by atoms with van der Waals surface area (Å²) in [5, 5.41) is 0. The van der Waals surface area contributed by atoms with Gasteiger partial charge in [-0.1, -0.05) is 12.2 Å². The van der Waals surface area contributed by atoms with E-state index in [0.29, 0.717) is 30.6 Å². The van der Waals surface area contributed by atoms with Crippen molar-refractivity contribution in [1.29, 1.82) is 0 Å². The van der Waals surface area contributed by atoms with Gasteiger partial charge in [0.1, 0.15) is 23.4 Å². The molecule has 6 atom stereocenters. The first-order chi connectivity index (χ1) is 15.1. The van der Waals surface area contributed by atoms with Crippen molar-refractivity contribution in [1.82, 2.24) is 9.80 Å². The van der Waals surface area contributed by atoms with Gasteiger partial charge in [0.2, 0.25) is 0 Å². The second-order valence-corrected chi connectivity index (χ2v) is 11.0. The fourth-order valence-electron chi connectivity index (χ4n) is 8.39. The average Bonchev–Trinajstić information content (AvgIpc) is 3.15. The monoisotopic (exact) mass is 424 g/mol. The van der Waals surface area contributed by atoms with Crippen LogP contribution in [0.3, 0.4) is 0 Å². The van der Waals surface area contributed by atoms with E-state index in [-0.39, 0.29) is 16.7 Å². The Kier molecular flexibility index (Phi) is 4.82. The minimum Gasteiger partial charge on any atom is -0.348 e. The molecular weight excluding hydrogens is 388 g/mol. The Labute approximate surface area is 185 Å². The smallest absolute Gasteiger partial charge is 0.146 e. The first kappa shape index (κ1) is 20.3. The number of aldehydes is 1. The van der Waals surface area contributed by atoms with Crippen LogP contribution in [-0.2, 0) is 14.3 Å². The second-order valence-electron chi connectivity index (χ2n) is 11.0. The van der Waals surface area contributed by atoms with E-state index in [1.54, 1.807) is 0 Å². The zero-order chi connectivity index (χ0) is 21.1. The number of piperidine rings is 1. The number of rotatable bonds is 1. The molecule has 31 heavy (non-hydrogen) atoms. The van der Waals surface area contributed by atoms with E-state index < -0.39 is 0 Å². The quantitative estimate of drug-likeness (QED) is 0.475. The molecule has 1 spiro atoms.